The summed E-state index contributed by atoms with van der Waals surface area (Å²) in [7, 11) is 0. The molecule has 1 N–H and O–H groups in total. The molecule has 1 saturated heterocycles. The number of rotatable bonds is 5. The Morgan fingerprint density at radius 3 is 2.46 bits per heavy atom. The van der Waals surface area contributed by atoms with Crippen molar-refractivity contribution in [1.29, 1.82) is 0 Å². The first-order valence-corrected chi connectivity index (χ1v) is 11.2. The van der Waals surface area contributed by atoms with Crippen LogP contribution < -0.4 is 15.0 Å². The van der Waals surface area contributed by atoms with E-state index >= 15 is 0 Å². The van der Waals surface area contributed by atoms with E-state index in [9.17, 15) is 14.4 Å². The van der Waals surface area contributed by atoms with Crippen LogP contribution in [-0.4, -0.2) is 17.8 Å². The van der Waals surface area contributed by atoms with Gasteiger partial charge in [-0.15, -0.1) is 0 Å². The Bertz CT molecular complexity index is 1510. The van der Waals surface area contributed by atoms with E-state index in [1.807, 2.05) is 48.5 Å². The number of benzene rings is 4. The van der Waals surface area contributed by atoms with Gasteiger partial charge in [0, 0.05) is 10.6 Å². The van der Waals surface area contributed by atoms with Crippen molar-refractivity contribution in [3.05, 3.63) is 113 Å². The van der Waals surface area contributed by atoms with Gasteiger partial charge in [-0.1, -0.05) is 78.3 Å². The zero-order valence-corrected chi connectivity index (χ0v) is 19.2. The fraction of sp³-hybridized carbons (Fsp3) is 0.0357. The second-order valence-electron chi connectivity index (χ2n) is 7.90. The topological polar surface area (TPSA) is 75.7 Å². The number of nitrogens with zero attached hydrogens (tertiary/aromatic N) is 1. The third-order valence-electron chi connectivity index (χ3n) is 5.65. The molecule has 4 aromatic rings. The molecule has 35 heavy (non-hydrogen) atoms. The van der Waals surface area contributed by atoms with E-state index in [1.54, 1.807) is 36.4 Å². The highest BCUT2D eigenvalue weighted by Gasteiger charge is 2.37. The minimum atomic E-state index is -0.833. The number of halogens is 1. The number of ether oxygens (including phenoxy) is 1. The lowest BCUT2D eigenvalue weighted by Gasteiger charge is -2.26. The number of nitrogens with one attached hydrogen (secondary N) is 1. The van der Waals surface area contributed by atoms with Gasteiger partial charge in [-0.25, -0.2) is 9.69 Å². The molecule has 0 aromatic heterocycles. The van der Waals surface area contributed by atoms with E-state index in [1.165, 1.54) is 12.1 Å². The van der Waals surface area contributed by atoms with Gasteiger partial charge in [0.15, 0.2) is 0 Å². The predicted octanol–water partition coefficient (Wildman–Crippen LogP) is 5.74. The van der Waals surface area contributed by atoms with E-state index in [0.29, 0.717) is 22.9 Å². The van der Waals surface area contributed by atoms with E-state index < -0.39 is 17.8 Å². The molecule has 172 valence electrons. The number of carbonyl (C=O) groups is 3. The standard InChI is InChI=1S/C28H19ClN2O4/c29-21-11-6-12-22(16-21)31-27(33)24(26(32)30-28(31)34)15-19-8-2-4-14-25(19)35-17-20-10-5-9-18-7-1-3-13-23(18)20/h1-16H,17H2,(H,30,32,34)/b24-15+. The second-order valence-corrected chi connectivity index (χ2v) is 8.34. The summed E-state index contributed by atoms with van der Waals surface area (Å²) in [5.74, 6) is -1.02. The van der Waals surface area contributed by atoms with E-state index in [0.717, 1.165) is 21.2 Å². The van der Waals surface area contributed by atoms with Crippen LogP contribution in [0.15, 0.2) is 96.6 Å². The quantitative estimate of drug-likeness (QED) is 0.291. The number of para-hydroxylation sites is 1. The molecule has 4 amide bonds. The fourth-order valence-electron chi connectivity index (χ4n) is 3.97. The number of fused-ring (bicyclic) bond motifs is 1. The molecular formula is C28H19ClN2O4. The van der Waals surface area contributed by atoms with Gasteiger partial charge < -0.3 is 4.74 Å². The zero-order chi connectivity index (χ0) is 24.4. The van der Waals surface area contributed by atoms with Crippen molar-refractivity contribution in [2.24, 2.45) is 0 Å². The van der Waals surface area contributed by atoms with Crippen molar-refractivity contribution < 1.29 is 19.1 Å². The largest absolute Gasteiger partial charge is 0.488 e. The summed E-state index contributed by atoms with van der Waals surface area (Å²) >= 11 is 6.03. The molecule has 5 rings (SSSR count). The molecule has 7 heteroatoms. The van der Waals surface area contributed by atoms with Crippen molar-refractivity contribution >= 4 is 52.0 Å². The average molecular weight is 483 g/mol. The summed E-state index contributed by atoms with van der Waals surface area (Å²) in [6, 6.07) is 26.6. The van der Waals surface area contributed by atoms with Crippen LogP contribution in [0.1, 0.15) is 11.1 Å². The van der Waals surface area contributed by atoms with Crippen molar-refractivity contribution in [3.8, 4) is 5.75 Å². The Balaban J connectivity index is 1.46. The second kappa shape index (κ2) is 9.44. The molecule has 0 saturated carbocycles. The lowest BCUT2D eigenvalue weighted by Crippen LogP contribution is -2.54. The molecule has 0 unspecified atom stereocenters. The molecular weight excluding hydrogens is 464 g/mol. The summed E-state index contributed by atoms with van der Waals surface area (Å²) in [6.07, 6.45) is 1.43. The molecule has 1 aliphatic rings. The summed E-state index contributed by atoms with van der Waals surface area (Å²) in [6.45, 7) is 0.300. The first-order valence-electron chi connectivity index (χ1n) is 10.9. The molecule has 1 aliphatic heterocycles. The van der Waals surface area contributed by atoms with E-state index in [-0.39, 0.29) is 11.3 Å². The molecule has 6 nitrogen and oxygen atoms in total. The highest BCUT2D eigenvalue weighted by Crippen LogP contribution is 2.28. The van der Waals surface area contributed by atoms with Gasteiger partial charge in [0.2, 0.25) is 0 Å². The number of urea groups is 1. The van der Waals surface area contributed by atoms with Crippen molar-refractivity contribution in [2.45, 2.75) is 6.61 Å². The van der Waals surface area contributed by atoms with Crippen LogP contribution in [0.4, 0.5) is 10.5 Å². The first-order chi connectivity index (χ1) is 17.0. The van der Waals surface area contributed by atoms with Crippen molar-refractivity contribution in [2.75, 3.05) is 4.90 Å². The third-order valence-corrected chi connectivity index (χ3v) is 5.89. The fourth-order valence-corrected chi connectivity index (χ4v) is 4.15. The molecule has 1 heterocycles. The molecule has 0 aliphatic carbocycles. The monoisotopic (exact) mass is 482 g/mol. The maximum Gasteiger partial charge on any atom is 0.335 e. The Hall–Kier alpha value is -4.42. The van der Waals surface area contributed by atoms with Crippen LogP contribution in [0.25, 0.3) is 16.8 Å². The van der Waals surface area contributed by atoms with Crippen LogP contribution in [0.5, 0.6) is 5.75 Å². The lowest BCUT2D eigenvalue weighted by molar-refractivity contribution is -0.122. The van der Waals surface area contributed by atoms with Crippen LogP contribution in [0, 0.1) is 0 Å². The van der Waals surface area contributed by atoms with Gasteiger partial charge in [-0.05, 0) is 46.7 Å². The van der Waals surface area contributed by atoms with Crippen molar-refractivity contribution in [3.63, 3.8) is 0 Å². The normalized spacial score (nSPS) is 14.9. The number of amides is 4. The minimum Gasteiger partial charge on any atom is -0.488 e. The Labute approximate surface area is 206 Å². The number of imide groups is 2. The molecule has 1 fully saturated rings. The lowest BCUT2D eigenvalue weighted by atomic mass is 10.0. The number of anilines is 1. The summed E-state index contributed by atoms with van der Waals surface area (Å²) < 4.78 is 6.11. The first kappa shape index (κ1) is 22.4. The SMILES string of the molecule is O=C1NC(=O)N(c2cccc(Cl)c2)C(=O)/C1=C/c1ccccc1OCc1cccc2ccccc12. The highest BCUT2D eigenvalue weighted by molar-refractivity contribution is 6.39. The zero-order valence-electron chi connectivity index (χ0n) is 18.4. The maximum absolute atomic E-state index is 13.2. The molecule has 4 aromatic carbocycles. The summed E-state index contributed by atoms with van der Waals surface area (Å²) in [5, 5.41) is 4.78. The number of barbiturate groups is 1. The van der Waals surface area contributed by atoms with Gasteiger partial charge in [0.25, 0.3) is 11.8 Å². The summed E-state index contributed by atoms with van der Waals surface area (Å²) in [4.78, 5) is 39.1. The van der Waals surface area contributed by atoms with Gasteiger partial charge in [-0.2, -0.15) is 0 Å². The van der Waals surface area contributed by atoms with Crippen LogP contribution >= 0.6 is 11.6 Å². The van der Waals surface area contributed by atoms with Crippen LogP contribution in [0.2, 0.25) is 5.02 Å². The van der Waals surface area contributed by atoms with E-state index in [2.05, 4.69) is 5.32 Å². The van der Waals surface area contributed by atoms with Crippen molar-refractivity contribution in [1.82, 2.24) is 5.32 Å². The van der Waals surface area contributed by atoms with Crippen LogP contribution in [0.3, 0.4) is 0 Å². The number of hydrogen-bond donors (Lipinski definition) is 1. The number of carbonyl (C=O) groups excluding carboxylic acids is 3. The Morgan fingerprint density at radius 1 is 0.857 bits per heavy atom. The number of hydrogen-bond acceptors (Lipinski definition) is 4. The van der Waals surface area contributed by atoms with Gasteiger partial charge in [-0.3, -0.25) is 14.9 Å². The van der Waals surface area contributed by atoms with Gasteiger partial charge in [0.1, 0.15) is 17.9 Å². The van der Waals surface area contributed by atoms with Gasteiger partial charge >= 0.3 is 6.03 Å². The van der Waals surface area contributed by atoms with Gasteiger partial charge in [0.05, 0.1) is 5.69 Å². The molecule has 0 spiro atoms. The van der Waals surface area contributed by atoms with E-state index in [4.69, 9.17) is 16.3 Å². The predicted molar refractivity (Wildman–Crippen MR) is 135 cm³/mol. The Morgan fingerprint density at radius 2 is 1.60 bits per heavy atom. The smallest absolute Gasteiger partial charge is 0.335 e. The average Bonchev–Trinajstić information content (AvgIpc) is 2.86. The maximum atomic E-state index is 13.2. The Kier molecular flexibility index (Phi) is 6.04. The van der Waals surface area contributed by atoms with Crippen LogP contribution in [-0.2, 0) is 16.2 Å². The highest BCUT2D eigenvalue weighted by atomic mass is 35.5. The summed E-state index contributed by atoms with van der Waals surface area (Å²) in [5.41, 5.74) is 1.62. The minimum absolute atomic E-state index is 0.189. The third kappa shape index (κ3) is 4.52. The molecule has 0 radical (unpaired) electrons. The molecule has 0 bridgehead atoms. The molecule has 0 atom stereocenters.